The van der Waals surface area contributed by atoms with E-state index in [1.54, 1.807) is 0 Å². The molecule has 1 aromatic rings. The van der Waals surface area contributed by atoms with Gasteiger partial charge >= 0.3 is 5.97 Å². The molecule has 1 atom stereocenters. The number of nitrogens with zero attached hydrogens (tertiary/aromatic N) is 1. The second-order valence-corrected chi connectivity index (χ2v) is 6.90. The van der Waals surface area contributed by atoms with Gasteiger partial charge in [-0.3, -0.25) is 9.59 Å². The minimum atomic E-state index is -1.05. The molecule has 2 amide bonds. The van der Waals surface area contributed by atoms with Gasteiger partial charge in [-0.1, -0.05) is 0 Å². The Balaban J connectivity index is 2.15. The maximum Gasteiger partial charge on any atom is 0.326 e. The van der Waals surface area contributed by atoms with Crippen LogP contribution in [0.2, 0.25) is 0 Å². The first-order chi connectivity index (χ1) is 10.9. The average molecular weight is 338 g/mol. The summed E-state index contributed by atoms with van der Waals surface area (Å²) in [5.41, 5.74) is 1.22. The Morgan fingerprint density at radius 1 is 1.35 bits per heavy atom. The number of carboxylic acids is 1. The molecule has 0 bridgehead atoms. The normalized spacial score (nSPS) is 14.7. The fraction of sp³-hybridized carbons (Fsp3) is 0.562. The third-order valence-electron chi connectivity index (χ3n) is 4.02. The van der Waals surface area contributed by atoms with Crippen LogP contribution in [0.5, 0.6) is 0 Å². The summed E-state index contributed by atoms with van der Waals surface area (Å²) >= 11 is 1.47. The maximum atomic E-state index is 12.7. The van der Waals surface area contributed by atoms with Gasteiger partial charge in [-0.05, 0) is 44.2 Å². The van der Waals surface area contributed by atoms with E-state index in [1.807, 2.05) is 6.07 Å². The minimum absolute atomic E-state index is 0.175. The van der Waals surface area contributed by atoms with Crippen LogP contribution in [0, 0.1) is 0 Å². The van der Waals surface area contributed by atoms with Crippen molar-refractivity contribution in [2.75, 3.05) is 13.1 Å². The van der Waals surface area contributed by atoms with Crippen LogP contribution in [0.25, 0.3) is 0 Å². The zero-order valence-electron chi connectivity index (χ0n) is 13.4. The molecule has 2 N–H and O–H groups in total. The predicted molar refractivity (Wildman–Crippen MR) is 87.8 cm³/mol. The van der Waals surface area contributed by atoms with Gasteiger partial charge < -0.3 is 15.3 Å². The summed E-state index contributed by atoms with van der Waals surface area (Å²) in [7, 11) is 0. The van der Waals surface area contributed by atoms with Crippen molar-refractivity contribution in [3.63, 3.8) is 0 Å². The molecule has 6 nitrogen and oxygen atoms in total. The number of amides is 2. The summed E-state index contributed by atoms with van der Waals surface area (Å²) in [4.78, 5) is 38.2. The lowest BCUT2D eigenvalue weighted by atomic mass is 9.99. The van der Waals surface area contributed by atoms with Gasteiger partial charge in [0.2, 0.25) is 5.91 Å². The molecular formula is C16H22N2O4S. The lowest BCUT2D eigenvalue weighted by Gasteiger charge is -2.26. The second kappa shape index (κ2) is 7.59. The van der Waals surface area contributed by atoms with Gasteiger partial charge in [-0.15, -0.1) is 11.3 Å². The Kier molecular flexibility index (Phi) is 5.76. The van der Waals surface area contributed by atoms with Crippen molar-refractivity contribution < 1.29 is 19.5 Å². The van der Waals surface area contributed by atoms with E-state index in [4.69, 9.17) is 0 Å². The van der Waals surface area contributed by atoms with Crippen molar-refractivity contribution in [1.29, 1.82) is 0 Å². The molecule has 0 spiro atoms. The van der Waals surface area contributed by atoms with Crippen LogP contribution >= 0.6 is 11.3 Å². The van der Waals surface area contributed by atoms with E-state index >= 15 is 0 Å². The quantitative estimate of drug-likeness (QED) is 0.826. The molecule has 1 aliphatic rings. The van der Waals surface area contributed by atoms with Crippen LogP contribution in [-0.4, -0.2) is 46.9 Å². The number of hydrogen-bond acceptors (Lipinski definition) is 4. The SMILES string of the molecule is CC(=O)NCCN(C(=O)c1cc2c(s1)CCCC2)C(C)C(=O)O. The Morgan fingerprint density at radius 2 is 2.04 bits per heavy atom. The number of rotatable bonds is 6. The maximum absolute atomic E-state index is 12.7. The Bertz CT molecular complexity index is 588. The van der Waals surface area contributed by atoms with Crippen LogP contribution in [0.15, 0.2) is 6.07 Å². The lowest BCUT2D eigenvalue weighted by Crippen LogP contribution is -2.46. The molecular weight excluding hydrogens is 316 g/mol. The zero-order chi connectivity index (χ0) is 17.0. The van der Waals surface area contributed by atoms with E-state index in [2.05, 4.69) is 5.32 Å². The molecule has 23 heavy (non-hydrogen) atoms. The number of aryl methyl sites for hydroxylation is 2. The zero-order valence-corrected chi connectivity index (χ0v) is 14.2. The fourth-order valence-electron chi connectivity index (χ4n) is 2.69. The van der Waals surface area contributed by atoms with Crippen LogP contribution in [0.3, 0.4) is 0 Å². The van der Waals surface area contributed by atoms with Gasteiger partial charge in [0.1, 0.15) is 6.04 Å². The first-order valence-corrected chi connectivity index (χ1v) is 8.61. The first kappa shape index (κ1) is 17.5. The molecule has 1 aliphatic carbocycles. The standard InChI is InChI=1S/C16H22N2O4S/c1-10(16(21)22)18(8-7-17-11(2)19)15(20)14-9-12-5-3-4-6-13(12)23-14/h9-10H,3-8H2,1-2H3,(H,17,19)(H,21,22). The molecule has 1 heterocycles. The molecule has 0 saturated heterocycles. The Labute approximate surface area is 139 Å². The fourth-order valence-corrected chi connectivity index (χ4v) is 3.90. The highest BCUT2D eigenvalue weighted by Crippen LogP contribution is 2.30. The largest absolute Gasteiger partial charge is 0.480 e. The molecule has 0 radical (unpaired) electrons. The van der Waals surface area contributed by atoms with Crippen LogP contribution < -0.4 is 5.32 Å². The highest BCUT2D eigenvalue weighted by molar-refractivity contribution is 7.14. The topological polar surface area (TPSA) is 86.7 Å². The smallest absolute Gasteiger partial charge is 0.326 e. The summed E-state index contributed by atoms with van der Waals surface area (Å²) in [5, 5.41) is 11.8. The third-order valence-corrected chi connectivity index (χ3v) is 5.24. The van der Waals surface area contributed by atoms with Crippen molar-refractivity contribution in [3.8, 4) is 0 Å². The molecule has 1 aromatic heterocycles. The number of nitrogens with one attached hydrogen (secondary N) is 1. The van der Waals surface area contributed by atoms with Gasteiger partial charge in [-0.25, -0.2) is 4.79 Å². The second-order valence-electron chi connectivity index (χ2n) is 5.76. The summed E-state index contributed by atoms with van der Waals surface area (Å²) in [5.74, 6) is -1.53. The van der Waals surface area contributed by atoms with Crippen LogP contribution in [0.4, 0.5) is 0 Å². The monoisotopic (exact) mass is 338 g/mol. The average Bonchev–Trinajstić information content (AvgIpc) is 2.94. The number of aliphatic carboxylic acids is 1. The molecule has 2 rings (SSSR count). The Morgan fingerprint density at radius 3 is 2.65 bits per heavy atom. The number of hydrogen-bond donors (Lipinski definition) is 2. The number of carbonyl (C=O) groups is 3. The predicted octanol–water partition coefficient (Wildman–Crippen LogP) is 1.68. The van der Waals surface area contributed by atoms with Crippen molar-refractivity contribution in [2.45, 2.75) is 45.6 Å². The summed E-state index contributed by atoms with van der Waals surface area (Å²) < 4.78 is 0. The van der Waals surface area contributed by atoms with Crippen LogP contribution in [-0.2, 0) is 22.4 Å². The molecule has 1 unspecified atom stereocenters. The van der Waals surface area contributed by atoms with Crippen LogP contribution in [0.1, 0.15) is 46.8 Å². The highest BCUT2D eigenvalue weighted by atomic mass is 32.1. The minimum Gasteiger partial charge on any atom is -0.480 e. The number of carboxylic acid groups (broad SMARTS) is 1. The van der Waals surface area contributed by atoms with Gasteiger partial charge in [-0.2, -0.15) is 0 Å². The van der Waals surface area contributed by atoms with Crippen molar-refractivity contribution >= 4 is 29.1 Å². The van der Waals surface area contributed by atoms with Gasteiger partial charge in [0.25, 0.3) is 5.91 Å². The van der Waals surface area contributed by atoms with Gasteiger partial charge in [0.15, 0.2) is 0 Å². The number of carbonyl (C=O) groups excluding carboxylic acids is 2. The molecule has 0 aromatic carbocycles. The van der Waals surface area contributed by atoms with Gasteiger partial charge in [0, 0.05) is 24.9 Å². The van der Waals surface area contributed by atoms with E-state index in [0.29, 0.717) is 4.88 Å². The van der Waals surface area contributed by atoms with Crippen molar-refractivity contribution in [3.05, 3.63) is 21.4 Å². The molecule has 0 fully saturated rings. The summed E-state index contributed by atoms with van der Waals surface area (Å²) in [6.07, 6.45) is 4.25. The first-order valence-electron chi connectivity index (χ1n) is 7.80. The van der Waals surface area contributed by atoms with E-state index in [0.717, 1.165) is 25.7 Å². The molecule has 0 aliphatic heterocycles. The van der Waals surface area contributed by atoms with E-state index in [1.165, 1.54) is 40.5 Å². The number of thiophene rings is 1. The highest BCUT2D eigenvalue weighted by Gasteiger charge is 2.28. The van der Waals surface area contributed by atoms with E-state index in [9.17, 15) is 19.5 Å². The van der Waals surface area contributed by atoms with E-state index < -0.39 is 12.0 Å². The third kappa shape index (κ3) is 4.31. The summed E-state index contributed by atoms with van der Waals surface area (Å²) in [6.45, 7) is 3.29. The Hall–Kier alpha value is -1.89. The summed E-state index contributed by atoms with van der Waals surface area (Å²) in [6, 6.07) is 0.969. The van der Waals surface area contributed by atoms with E-state index in [-0.39, 0.29) is 24.9 Å². The molecule has 126 valence electrons. The van der Waals surface area contributed by atoms with Crippen molar-refractivity contribution in [2.24, 2.45) is 0 Å². The van der Waals surface area contributed by atoms with Gasteiger partial charge in [0.05, 0.1) is 4.88 Å². The van der Waals surface area contributed by atoms with Crippen molar-refractivity contribution in [1.82, 2.24) is 10.2 Å². The molecule has 0 saturated carbocycles. The molecule has 7 heteroatoms. The number of fused-ring (bicyclic) bond motifs is 1. The lowest BCUT2D eigenvalue weighted by molar-refractivity contribution is -0.141.